The number of carbonyl (C=O) groups is 2. The molecule has 0 aliphatic rings. The minimum Gasteiger partial charge on any atom is -0.465 e. The Labute approximate surface area is 82.4 Å². The van der Waals surface area contributed by atoms with Crippen LogP contribution in [0.1, 0.15) is 6.92 Å². The van der Waals surface area contributed by atoms with Gasteiger partial charge < -0.3 is 15.8 Å². The van der Waals surface area contributed by atoms with Gasteiger partial charge in [-0.3, -0.25) is 9.59 Å². The summed E-state index contributed by atoms with van der Waals surface area (Å²) < 4.78 is 4.59. The Bertz CT molecular complexity index is 187. The molecule has 0 aromatic rings. The molecule has 0 aliphatic heterocycles. The quantitative estimate of drug-likeness (QED) is 0.395. The molecule has 6 heteroatoms. The van der Waals surface area contributed by atoms with Gasteiger partial charge in [0, 0.05) is 5.75 Å². The summed E-state index contributed by atoms with van der Waals surface area (Å²) in [6.07, 6.45) is 0. The molecule has 0 spiro atoms. The zero-order valence-corrected chi connectivity index (χ0v) is 8.34. The van der Waals surface area contributed by atoms with E-state index in [1.807, 2.05) is 0 Å². The molecule has 0 aliphatic carbocycles. The molecule has 5 nitrogen and oxygen atoms in total. The van der Waals surface area contributed by atoms with Gasteiger partial charge in [0.25, 0.3) is 0 Å². The van der Waals surface area contributed by atoms with Crippen LogP contribution < -0.4 is 11.1 Å². The fourth-order valence-corrected chi connectivity index (χ4v) is 0.751. The first-order valence-electron chi connectivity index (χ1n) is 3.91. The van der Waals surface area contributed by atoms with E-state index >= 15 is 0 Å². The molecule has 0 unspecified atom stereocenters. The van der Waals surface area contributed by atoms with Gasteiger partial charge in [0.1, 0.15) is 6.54 Å². The standard InChI is InChI=1S/C7H14N2O3S/c1-2-12-6(10)3-9-7(11)5(8)4-13/h5,13H,2-4,8H2,1H3,(H,9,11)/t5-/m0/s1. The lowest BCUT2D eigenvalue weighted by Crippen LogP contribution is -2.43. The lowest BCUT2D eigenvalue weighted by molar-refractivity contribution is -0.143. The largest absolute Gasteiger partial charge is 0.465 e. The van der Waals surface area contributed by atoms with E-state index in [4.69, 9.17) is 5.73 Å². The molecule has 0 radical (unpaired) electrons. The molecule has 0 rings (SSSR count). The molecule has 1 amide bonds. The minimum absolute atomic E-state index is 0.145. The summed E-state index contributed by atoms with van der Waals surface area (Å²) in [6, 6.07) is -0.683. The highest BCUT2D eigenvalue weighted by Crippen LogP contribution is 1.83. The number of amides is 1. The maximum absolute atomic E-state index is 11.0. The third kappa shape index (κ3) is 5.48. The first kappa shape index (κ1) is 12.2. The van der Waals surface area contributed by atoms with Crippen LogP contribution in [0, 0.1) is 0 Å². The van der Waals surface area contributed by atoms with E-state index in [9.17, 15) is 9.59 Å². The van der Waals surface area contributed by atoms with Gasteiger partial charge in [-0.2, -0.15) is 12.6 Å². The zero-order valence-electron chi connectivity index (χ0n) is 7.45. The number of esters is 1. The van der Waals surface area contributed by atoms with Crippen LogP contribution in [0.5, 0.6) is 0 Å². The van der Waals surface area contributed by atoms with Crippen LogP contribution in [0.25, 0.3) is 0 Å². The van der Waals surface area contributed by atoms with Crippen molar-refractivity contribution >= 4 is 24.5 Å². The highest BCUT2D eigenvalue weighted by molar-refractivity contribution is 7.80. The molecule has 0 saturated carbocycles. The van der Waals surface area contributed by atoms with Crippen LogP contribution >= 0.6 is 12.6 Å². The van der Waals surface area contributed by atoms with Crippen molar-refractivity contribution in [3.05, 3.63) is 0 Å². The third-order valence-electron chi connectivity index (χ3n) is 1.25. The SMILES string of the molecule is CCOC(=O)CNC(=O)[C@@H](N)CS. The van der Waals surface area contributed by atoms with Crippen molar-refractivity contribution < 1.29 is 14.3 Å². The van der Waals surface area contributed by atoms with E-state index in [0.717, 1.165) is 0 Å². The van der Waals surface area contributed by atoms with Gasteiger partial charge in [-0.25, -0.2) is 0 Å². The molecule has 13 heavy (non-hydrogen) atoms. The maximum atomic E-state index is 11.0. The Hall–Kier alpha value is -0.750. The second kappa shape index (κ2) is 6.73. The molecule has 0 heterocycles. The molecule has 3 N–H and O–H groups in total. The van der Waals surface area contributed by atoms with E-state index in [1.165, 1.54) is 0 Å². The number of hydrogen-bond donors (Lipinski definition) is 3. The van der Waals surface area contributed by atoms with Gasteiger partial charge in [-0.15, -0.1) is 0 Å². The summed E-state index contributed by atoms with van der Waals surface area (Å²) in [5, 5.41) is 2.33. The predicted molar refractivity (Wildman–Crippen MR) is 51.5 cm³/mol. The van der Waals surface area contributed by atoms with Crippen molar-refractivity contribution in [3.63, 3.8) is 0 Å². The van der Waals surface area contributed by atoms with Gasteiger partial charge in [0.15, 0.2) is 0 Å². The van der Waals surface area contributed by atoms with Gasteiger partial charge in [0.2, 0.25) is 5.91 Å². The molecular formula is C7H14N2O3S. The summed E-state index contributed by atoms with van der Waals surface area (Å²) in [4.78, 5) is 21.8. The lowest BCUT2D eigenvalue weighted by atomic mass is 10.3. The van der Waals surface area contributed by atoms with Crippen LogP contribution in [0.2, 0.25) is 0 Å². The molecular weight excluding hydrogens is 192 g/mol. The molecule has 0 fully saturated rings. The molecule has 0 aromatic carbocycles. The first-order valence-corrected chi connectivity index (χ1v) is 4.54. The summed E-state index contributed by atoms with van der Waals surface area (Å²) in [6.45, 7) is 1.85. The van der Waals surface area contributed by atoms with Crippen LogP contribution in [-0.2, 0) is 14.3 Å². The number of hydrogen-bond acceptors (Lipinski definition) is 5. The minimum atomic E-state index is -0.683. The maximum Gasteiger partial charge on any atom is 0.325 e. The Balaban J connectivity index is 3.63. The van der Waals surface area contributed by atoms with Crippen molar-refractivity contribution in [3.8, 4) is 0 Å². The van der Waals surface area contributed by atoms with Gasteiger partial charge in [0.05, 0.1) is 12.6 Å². The van der Waals surface area contributed by atoms with Gasteiger partial charge in [-0.1, -0.05) is 0 Å². The zero-order chi connectivity index (χ0) is 10.3. The fourth-order valence-electron chi connectivity index (χ4n) is 0.585. The van der Waals surface area contributed by atoms with E-state index in [1.54, 1.807) is 6.92 Å². The Morgan fingerprint density at radius 1 is 1.62 bits per heavy atom. The van der Waals surface area contributed by atoms with E-state index in [-0.39, 0.29) is 12.3 Å². The number of thiol groups is 1. The Kier molecular flexibility index (Phi) is 6.34. The van der Waals surface area contributed by atoms with Crippen molar-refractivity contribution in [2.24, 2.45) is 5.73 Å². The highest BCUT2D eigenvalue weighted by atomic mass is 32.1. The molecule has 0 aromatic heterocycles. The summed E-state index contributed by atoms with van der Waals surface area (Å²) in [5.74, 6) is -0.625. The van der Waals surface area contributed by atoms with Crippen LogP contribution in [0.4, 0.5) is 0 Å². The van der Waals surface area contributed by atoms with Gasteiger partial charge >= 0.3 is 5.97 Å². The fraction of sp³-hybridized carbons (Fsp3) is 0.714. The van der Waals surface area contributed by atoms with Crippen molar-refractivity contribution in [2.45, 2.75) is 13.0 Å². The average molecular weight is 206 g/mol. The number of ether oxygens (including phenoxy) is 1. The Morgan fingerprint density at radius 2 is 2.23 bits per heavy atom. The van der Waals surface area contributed by atoms with Crippen molar-refractivity contribution in [2.75, 3.05) is 18.9 Å². The smallest absolute Gasteiger partial charge is 0.325 e. The number of carbonyl (C=O) groups excluding carboxylic acids is 2. The average Bonchev–Trinajstić information content (AvgIpc) is 2.13. The summed E-state index contributed by atoms with van der Waals surface area (Å²) in [7, 11) is 0. The highest BCUT2D eigenvalue weighted by Gasteiger charge is 2.12. The van der Waals surface area contributed by atoms with E-state index in [2.05, 4.69) is 22.7 Å². The monoisotopic (exact) mass is 206 g/mol. The van der Waals surface area contributed by atoms with Gasteiger partial charge in [-0.05, 0) is 6.92 Å². The molecule has 0 saturated heterocycles. The second-order valence-corrected chi connectivity index (χ2v) is 2.68. The number of rotatable bonds is 5. The van der Waals surface area contributed by atoms with Crippen molar-refractivity contribution in [1.82, 2.24) is 5.32 Å². The molecule has 1 atom stereocenters. The van der Waals surface area contributed by atoms with Crippen molar-refractivity contribution in [1.29, 1.82) is 0 Å². The lowest BCUT2D eigenvalue weighted by Gasteiger charge is -2.08. The molecule has 76 valence electrons. The number of nitrogens with two attached hydrogens (primary N) is 1. The van der Waals surface area contributed by atoms with E-state index in [0.29, 0.717) is 6.61 Å². The molecule has 0 bridgehead atoms. The first-order chi connectivity index (χ1) is 6.11. The Morgan fingerprint density at radius 3 is 2.69 bits per heavy atom. The summed E-state index contributed by atoms with van der Waals surface area (Å²) in [5.41, 5.74) is 5.34. The third-order valence-corrected chi connectivity index (χ3v) is 1.64. The van der Waals surface area contributed by atoms with Crippen LogP contribution in [0.15, 0.2) is 0 Å². The topological polar surface area (TPSA) is 81.4 Å². The van der Waals surface area contributed by atoms with Crippen LogP contribution in [-0.4, -0.2) is 36.8 Å². The second-order valence-electron chi connectivity index (χ2n) is 2.31. The predicted octanol–water partition coefficient (Wildman–Crippen LogP) is -1.08. The number of nitrogens with one attached hydrogen (secondary N) is 1. The van der Waals surface area contributed by atoms with Crippen LogP contribution in [0.3, 0.4) is 0 Å². The normalized spacial score (nSPS) is 11.9. The summed E-state index contributed by atoms with van der Waals surface area (Å²) >= 11 is 3.84. The van der Waals surface area contributed by atoms with E-state index < -0.39 is 17.9 Å².